The smallest absolute Gasteiger partial charge is 0.101 e. The lowest BCUT2D eigenvalue weighted by Gasteiger charge is -2.27. The van der Waals surface area contributed by atoms with E-state index in [0.717, 1.165) is 59.1 Å². The van der Waals surface area contributed by atoms with Crippen molar-refractivity contribution >= 4 is 44.0 Å². The number of hydrogen-bond donors (Lipinski definition) is 0. The molecule has 5 nitrogen and oxygen atoms in total. The van der Waals surface area contributed by atoms with Gasteiger partial charge in [-0.2, -0.15) is 15.8 Å². The van der Waals surface area contributed by atoms with E-state index in [2.05, 4.69) is 113 Å². The maximum atomic E-state index is 10.3. The third-order valence-electron chi connectivity index (χ3n) is 10.9. The molecule has 3 aliphatic rings. The van der Waals surface area contributed by atoms with Crippen LogP contribution in [0.1, 0.15) is 60.1 Å². The minimum Gasteiger partial charge on any atom is -0.313 e. The van der Waals surface area contributed by atoms with Crippen LogP contribution in [0, 0.1) is 39.9 Å². The number of para-hydroxylation sites is 2. The molecule has 9 rings (SSSR count). The standard InChI is InChI=1S/C46H33N5/c1-29-22-33(18-21-41(29)50-42-14-4-2-11-36(42)37-12-3-5-15-43(37)50)32-8-6-9-34(25-32)39-23-30(26-47)16-19-44(39)51-45-20-17-31(27-48)24-40(45)38-13-7-10-35(28-49)46(38)51/h2-6,8,10-12,14-21,23-25,29,34H,7,9,13,22H2,1H3. The van der Waals surface area contributed by atoms with Gasteiger partial charge in [0.15, 0.2) is 0 Å². The molecule has 0 bridgehead atoms. The van der Waals surface area contributed by atoms with Crippen molar-refractivity contribution in [3.63, 3.8) is 0 Å². The van der Waals surface area contributed by atoms with Crippen molar-refractivity contribution in [2.45, 2.75) is 38.5 Å². The Hall–Kier alpha value is -6.61. The second-order valence-electron chi connectivity index (χ2n) is 13.8. The number of nitrogens with zero attached hydrogens (tertiary/aromatic N) is 5. The van der Waals surface area contributed by atoms with E-state index < -0.39 is 0 Å². The van der Waals surface area contributed by atoms with E-state index >= 15 is 0 Å². The lowest BCUT2D eigenvalue weighted by Crippen LogP contribution is -2.13. The van der Waals surface area contributed by atoms with Gasteiger partial charge >= 0.3 is 0 Å². The summed E-state index contributed by atoms with van der Waals surface area (Å²) in [7, 11) is 0. The summed E-state index contributed by atoms with van der Waals surface area (Å²) in [6.07, 6.45) is 16.8. The van der Waals surface area contributed by atoms with Gasteiger partial charge in [-0.25, -0.2) is 0 Å². The van der Waals surface area contributed by atoms with Crippen molar-refractivity contribution in [2.75, 3.05) is 0 Å². The average Bonchev–Trinajstić information content (AvgIpc) is 3.70. The number of rotatable bonds is 4. The highest BCUT2D eigenvalue weighted by Crippen LogP contribution is 2.43. The molecule has 5 heteroatoms. The Morgan fingerprint density at radius 2 is 1.43 bits per heavy atom. The van der Waals surface area contributed by atoms with E-state index in [4.69, 9.17) is 0 Å². The molecule has 2 heterocycles. The zero-order valence-electron chi connectivity index (χ0n) is 28.3. The Bertz CT molecular complexity index is 2700. The highest BCUT2D eigenvalue weighted by molar-refractivity contribution is 6.10. The van der Waals surface area contributed by atoms with Crippen LogP contribution in [-0.4, -0.2) is 9.13 Å². The fourth-order valence-electron chi connectivity index (χ4n) is 8.57. The fourth-order valence-corrected chi connectivity index (χ4v) is 8.57. The first-order chi connectivity index (χ1) is 25.1. The number of benzene rings is 4. The van der Waals surface area contributed by atoms with Crippen LogP contribution in [0.4, 0.5) is 0 Å². The summed E-state index contributed by atoms with van der Waals surface area (Å²) in [5.41, 5.74) is 13.1. The van der Waals surface area contributed by atoms with E-state index in [9.17, 15) is 15.8 Å². The summed E-state index contributed by atoms with van der Waals surface area (Å²) in [6.45, 7) is 2.32. The van der Waals surface area contributed by atoms with Gasteiger partial charge in [-0.15, -0.1) is 0 Å². The molecule has 2 aromatic heterocycles. The first-order valence-electron chi connectivity index (χ1n) is 17.6. The summed E-state index contributed by atoms with van der Waals surface area (Å²) >= 11 is 0. The summed E-state index contributed by atoms with van der Waals surface area (Å²) in [5, 5.41) is 33.5. The number of aryl methyl sites for hydroxylation is 1. The number of aromatic nitrogens is 2. The summed E-state index contributed by atoms with van der Waals surface area (Å²) in [4.78, 5) is 0. The van der Waals surface area contributed by atoms with Crippen LogP contribution >= 0.6 is 0 Å². The molecule has 0 fully saturated rings. The number of hydrogen-bond acceptors (Lipinski definition) is 3. The van der Waals surface area contributed by atoms with Crippen LogP contribution in [0.3, 0.4) is 0 Å². The maximum Gasteiger partial charge on any atom is 0.101 e. The van der Waals surface area contributed by atoms with Crippen molar-refractivity contribution in [3.05, 3.63) is 160 Å². The molecular formula is C46H33N5. The van der Waals surface area contributed by atoms with Crippen molar-refractivity contribution in [2.24, 2.45) is 5.92 Å². The van der Waals surface area contributed by atoms with Gasteiger partial charge in [0.2, 0.25) is 0 Å². The van der Waals surface area contributed by atoms with E-state index in [1.165, 1.54) is 38.6 Å². The second-order valence-corrected chi connectivity index (χ2v) is 13.8. The largest absolute Gasteiger partial charge is 0.313 e. The van der Waals surface area contributed by atoms with E-state index in [0.29, 0.717) is 22.6 Å². The van der Waals surface area contributed by atoms with E-state index in [1.807, 2.05) is 42.5 Å². The van der Waals surface area contributed by atoms with Crippen molar-refractivity contribution in [3.8, 4) is 23.9 Å². The van der Waals surface area contributed by atoms with Gasteiger partial charge in [-0.1, -0.05) is 73.7 Å². The highest BCUT2D eigenvalue weighted by Gasteiger charge is 2.28. The van der Waals surface area contributed by atoms with Crippen molar-refractivity contribution in [1.82, 2.24) is 9.13 Å². The molecule has 51 heavy (non-hydrogen) atoms. The minimum atomic E-state index is 0.0248. The lowest BCUT2D eigenvalue weighted by molar-refractivity contribution is 0.701. The zero-order valence-corrected chi connectivity index (χ0v) is 28.3. The number of allylic oxidation sites excluding steroid dienone is 10. The average molecular weight is 656 g/mol. The predicted octanol–water partition coefficient (Wildman–Crippen LogP) is 10.8. The molecular weight excluding hydrogens is 623 g/mol. The third-order valence-corrected chi connectivity index (χ3v) is 10.9. The van der Waals surface area contributed by atoms with Crippen molar-refractivity contribution in [1.29, 1.82) is 15.8 Å². The molecule has 4 aromatic carbocycles. The lowest BCUT2D eigenvalue weighted by atomic mass is 9.82. The van der Waals surface area contributed by atoms with Crippen LogP contribution in [0.5, 0.6) is 0 Å². The molecule has 6 aromatic rings. The summed E-state index contributed by atoms with van der Waals surface area (Å²) in [5.74, 6) is 0.320. The molecule has 2 atom stereocenters. The molecule has 0 saturated heterocycles. The third kappa shape index (κ3) is 4.80. The molecule has 0 N–H and O–H groups in total. The zero-order chi connectivity index (χ0) is 34.6. The van der Waals surface area contributed by atoms with Gasteiger partial charge in [-0.05, 0) is 103 Å². The second kappa shape index (κ2) is 12.1. The van der Waals surface area contributed by atoms with Gasteiger partial charge in [0.1, 0.15) is 6.07 Å². The molecule has 0 saturated carbocycles. The fraction of sp³-hybridized carbons (Fsp3) is 0.152. The molecule has 0 spiro atoms. The Balaban J connectivity index is 1.17. The van der Waals surface area contributed by atoms with E-state index in [1.54, 1.807) is 0 Å². The van der Waals surface area contributed by atoms with Gasteiger partial charge in [0, 0.05) is 33.7 Å². The molecule has 0 amide bonds. The van der Waals surface area contributed by atoms with Crippen LogP contribution in [0.25, 0.3) is 49.7 Å². The normalized spacial score (nSPS) is 18.3. The minimum absolute atomic E-state index is 0.0248. The highest BCUT2D eigenvalue weighted by atomic mass is 15.0. The van der Waals surface area contributed by atoms with Gasteiger partial charge < -0.3 is 9.13 Å². The monoisotopic (exact) mass is 655 g/mol. The quantitative estimate of drug-likeness (QED) is 0.189. The summed E-state index contributed by atoms with van der Waals surface area (Å²) < 4.78 is 4.63. The van der Waals surface area contributed by atoms with Gasteiger partial charge in [0.05, 0.1) is 56.8 Å². The molecule has 0 aliphatic heterocycles. The predicted molar refractivity (Wildman–Crippen MR) is 205 cm³/mol. The molecule has 0 radical (unpaired) electrons. The Kier molecular flexibility index (Phi) is 7.20. The topological polar surface area (TPSA) is 81.2 Å². The molecule has 3 aliphatic carbocycles. The van der Waals surface area contributed by atoms with Crippen LogP contribution < -0.4 is 0 Å². The van der Waals surface area contributed by atoms with Gasteiger partial charge in [-0.3, -0.25) is 0 Å². The SMILES string of the molecule is CC1CC(C2=CC(c3cc(C#N)ccc3-n3c4c(c5cc(C#N)ccc53)CCC=C4C#N)CC=C2)=CC=C1n1c2ccccc2c2ccccc21. The number of fused-ring (bicyclic) bond motifs is 6. The van der Waals surface area contributed by atoms with Crippen LogP contribution in [0.15, 0.2) is 133 Å². The van der Waals surface area contributed by atoms with Crippen LogP contribution in [0.2, 0.25) is 0 Å². The van der Waals surface area contributed by atoms with Crippen LogP contribution in [-0.2, 0) is 6.42 Å². The Morgan fingerprint density at radius 1 is 0.725 bits per heavy atom. The Labute approximate surface area is 296 Å². The number of nitriles is 3. The first kappa shape index (κ1) is 30.4. The molecule has 2 unspecified atom stereocenters. The van der Waals surface area contributed by atoms with Gasteiger partial charge in [0.25, 0.3) is 0 Å². The van der Waals surface area contributed by atoms with Crippen molar-refractivity contribution < 1.29 is 0 Å². The first-order valence-corrected chi connectivity index (χ1v) is 17.6. The summed E-state index contributed by atoms with van der Waals surface area (Å²) in [6, 6.07) is 36.2. The molecule has 242 valence electrons. The van der Waals surface area contributed by atoms with E-state index in [-0.39, 0.29) is 5.92 Å². The maximum absolute atomic E-state index is 10.3. The Morgan fingerprint density at radius 3 is 2.16 bits per heavy atom.